The van der Waals surface area contributed by atoms with Crippen LogP contribution in [0.5, 0.6) is 0 Å². The van der Waals surface area contributed by atoms with Gasteiger partial charge in [0.25, 0.3) is 0 Å². The molecule has 4 nitrogen and oxygen atoms in total. The molecule has 80 valence electrons. The van der Waals surface area contributed by atoms with Crippen molar-refractivity contribution in [1.82, 2.24) is 4.98 Å². The van der Waals surface area contributed by atoms with Gasteiger partial charge >= 0.3 is 0 Å². The molecule has 0 saturated carbocycles. The van der Waals surface area contributed by atoms with E-state index >= 15 is 0 Å². The zero-order valence-corrected chi connectivity index (χ0v) is 9.03. The molecule has 2 rings (SSSR count). The fraction of sp³-hybridized carbons (Fsp3) is 0.455. The van der Waals surface area contributed by atoms with Gasteiger partial charge in [0.2, 0.25) is 5.91 Å². The molecule has 2 heterocycles. The Morgan fingerprint density at radius 3 is 3.20 bits per heavy atom. The number of carbonyl (C=O) groups is 1. The second-order valence-electron chi connectivity index (χ2n) is 3.81. The first-order valence-electron chi connectivity index (χ1n) is 5.24. The fourth-order valence-electron chi connectivity index (χ4n) is 1.73. The maximum atomic E-state index is 11.5. The van der Waals surface area contributed by atoms with Crippen molar-refractivity contribution in [3.8, 4) is 0 Å². The molecule has 0 radical (unpaired) electrons. The molecule has 4 heteroatoms. The maximum Gasteiger partial charge on any atom is 0.244 e. The monoisotopic (exact) mass is 205 g/mol. The Kier molecular flexibility index (Phi) is 2.58. The molecule has 0 aromatic carbocycles. The number of hydrogen-bond donors (Lipinski definition) is 1. The highest BCUT2D eigenvalue weighted by Crippen LogP contribution is 2.28. The molecule has 0 spiro atoms. The number of pyridine rings is 1. The Hall–Kier alpha value is -1.58. The van der Waals surface area contributed by atoms with Crippen molar-refractivity contribution in [3.63, 3.8) is 0 Å². The van der Waals surface area contributed by atoms with Crippen LogP contribution in [0.3, 0.4) is 0 Å². The van der Waals surface area contributed by atoms with Gasteiger partial charge in [0.05, 0.1) is 12.2 Å². The number of aromatic nitrogens is 1. The summed E-state index contributed by atoms with van der Waals surface area (Å²) in [7, 11) is 0. The smallest absolute Gasteiger partial charge is 0.244 e. The highest BCUT2D eigenvalue weighted by atomic mass is 16.2. The van der Waals surface area contributed by atoms with Crippen molar-refractivity contribution in [2.75, 3.05) is 16.8 Å². The molecule has 1 aliphatic heterocycles. The lowest BCUT2D eigenvalue weighted by Gasteiger charge is -2.33. The average molecular weight is 205 g/mol. The first-order valence-corrected chi connectivity index (χ1v) is 5.24. The lowest BCUT2D eigenvalue weighted by Crippen LogP contribution is -2.43. The van der Waals surface area contributed by atoms with Crippen LogP contribution in [0.2, 0.25) is 0 Å². The Bertz CT molecular complexity index is 378. The molecule has 1 atom stereocenters. The first-order chi connectivity index (χ1) is 7.22. The molecule has 0 saturated heterocycles. The Balaban J connectivity index is 2.38. The lowest BCUT2D eigenvalue weighted by molar-refractivity contribution is -0.115. The predicted octanol–water partition coefficient (Wildman–Crippen LogP) is 1.64. The van der Waals surface area contributed by atoms with E-state index in [0.717, 1.165) is 17.9 Å². The molecule has 1 N–H and O–H groups in total. The van der Waals surface area contributed by atoms with Crippen LogP contribution in [0.25, 0.3) is 0 Å². The molecule has 1 amide bonds. The van der Waals surface area contributed by atoms with Crippen LogP contribution in [0.15, 0.2) is 18.3 Å². The molecule has 0 fully saturated rings. The van der Waals surface area contributed by atoms with Gasteiger partial charge in [-0.05, 0) is 25.5 Å². The number of hydrogen-bond acceptors (Lipinski definition) is 3. The van der Waals surface area contributed by atoms with Gasteiger partial charge in [0.1, 0.15) is 0 Å². The molecule has 1 unspecified atom stereocenters. The quantitative estimate of drug-likeness (QED) is 0.798. The van der Waals surface area contributed by atoms with Crippen LogP contribution in [-0.2, 0) is 4.79 Å². The third-order valence-corrected chi connectivity index (χ3v) is 2.77. The van der Waals surface area contributed by atoms with E-state index in [0.29, 0.717) is 12.6 Å². The SMILES string of the molecule is CCC(C)N1CC(=O)Nc2cccnc21. The minimum Gasteiger partial charge on any atom is -0.343 e. The van der Waals surface area contributed by atoms with Gasteiger partial charge in [-0.1, -0.05) is 6.92 Å². The Labute approximate surface area is 89.3 Å². The topological polar surface area (TPSA) is 45.2 Å². The zero-order valence-electron chi connectivity index (χ0n) is 9.03. The van der Waals surface area contributed by atoms with Gasteiger partial charge in [-0.25, -0.2) is 4.98 Å². The van der Waals surface area contributed by atoms with E-state index in [-0.39, 0.29) is 5.91 Å². The summed E-state index contributed by atoms with van der Waals surface area (Å²) in [5.41, 5.74) is 0.814. The zero-order chi connectivity index (χ0) is 10.8. The summed E-state index contributed by atoms with van der Waals surface area (Å²) in [5, 5.41) is 2.83. The fourth-order valence-corrected chi connectivity index (χ4v) is 1.73. The van der Waals surface area contributed by atoms with Gasteiger partial charge in [0, 0.05) is 12.2 Å². The summed E-state index contributed by atoms with van der Waals surface area (Å²) in [4.78, 5) is 17.8. The molecule has 0 aliphatic carbocycles. The summed E-state index contributed by atoms with van der Waals surface area (Å²) in [5.74, 6) is 0.919. The number of anilines is 2. The number of nitrogens with one attached hydrogen (secondary N) is 1. The molecule has 1 aromatic rings. The van der Waals surface area contributed by atoms with E-state index in [2.05, 4.69) is 24.1 Å². The summed E-state index contributed by atoms with van der Waals surface area (Å²) >= 11 is 0. The second-order valence-corrected chi connectivity index (χ2v) is 3.81. The number of amides is 1. The first kappa shape index (κ1) is 9.96. The summed E-state index contributed by atoms with van der Waals surface area (Å²) in [6.07, 6.45) is 2.76. The second kappa shape index (κ2) is 3.88. The van der Waals surface area contributed by atoms with Crippen molar-refractivity contribution in [2.24, 2.45) is 0 Å². The Morgan fingerprint density at radius 1 is 1.67 bits per heavy atom. The minimum absolute atomic E-state index is 0.0378. The number of fused-ring (bicyclic) bond motifs is 1. The van der Waals surface area contributed by atoms with Crippen molar-refractivity contribution in [3.05, 3.63) is 18.3 Å². The normalized spacial score (nSPS) is 16.9. The molecule has 1 aliphatic rings. The van der Waals surface area contributed by atoms with Crippen molar-refractivity contribution in [2.45, 2.75) is 26.3 Å². The third kappa shape index (κ3) is 1.79. The van der Waals surface area contributed by atoms with E-state index in [1.807, 2.05) is 17.0 Å². The van der Waals surface area contributed by atoms with Crippen LogP contribution in [-0.4, -0.2) is 23.5 Å². The third-order valence-electron chi connectivity index (χ3n) is 2.77. The van der Waals surface area contributed by atoms with E-state index in [1.54, 1.807) is 6.20 Å². The molecule has 15 heavy (non-hydrogen) atoms. The van der Waals surface area contributed by atoms with Gasteiger partial charge in [-0.3, -0.25) is 4.79 Å². The van der Waals surface area contributed by atoms with Crippen LogP contribution in [0.1, 0.15) is 20.3 Å². The Morgan fingerprint density at radius 2 is 2.47 bits per heavy atom. The average Bonchev–Trinajstić information content (AvgIpc) is 2.26. The maximum absolute atomic E-state index is 11.5. The lowest BCUT2D eigenvalue weighted by atomic mass is 10.2. The summed E-state index contributed by atoms with van der Waals surface area (Å²) < 4.78 is 0. The highest BCUT2D eigenvalue weighted by Gasteiger charge is 2.25. The van der Waals surface area contributed by atoms with Crippen molar-refractivity contribution >= 4 is 17.4 Å². The molecular weight excluding hydrogens is 190 g/mol. The van der Waals surface area contributed by atoms with Crippen molar-refractivity contribution in [1.29, 1.82) is 0 Å². The van der Waals surface area contributed by atoms with Crippen molar-refractivity contribution < 1.29 is 4.79 Å². The molecule has 0 bridgehead atoms. The number of rotatable bonds is 2. The van der Waals surface area contributed by atoms with Gasteiger partial charge < -0.3 is 10.2 Å². The van der Waals surface area contributed by atoms with Gasteiger partial charge in [0.15, 0.2) is 5.82 Å². The summed E-state index contributed by atoms with van der Waals surface area (Å²) in [6.45, 7) is 4.62. The van der Waals surface area contributed by atoms with E-state index < -0.39 is 0 Å². The number of carbonyl (C=O) groups excluding carboxylic acids is 1. The van der Waals surface area contributed by atoms with E-state index in [4.69, 9.17) is 0 Å². The molecular formula is C11H15N3O. The van der Waals surface area contributed by atoms with E-state index in [1.165, 1.54) is 0 Å². The van der Waals surface area contributed by atoms with E-state index in [9.17, 15) is 4.79 Å². The van der Waals surface area contributed by atoms with Gasteiger partial charge in [-0.15, -0.1) is 0 Å². The minimum atomic E-state index is 0.0378. The van der Waals surface area contributed by atoms with Crippen LogP contribution < -0.4 is 10.2 Å². The predicted molar refractivity (Wildman–Crippen MR) is 60.0 cm³/mol. The standard InChI is InChI=1S/C11H15N3O/c1-3-8(2)14-7-10(15)13-9-5-4-6-12-11(9)14/h4-6,8H,3,7H2,1-2H3,(H,13,15). The van der Waals surface area contributed by atoms with Crippen LogP contribution in [0, 0.1) is 0 Å². The van der Waals surface area contributed by atoms with Gasteiger partial charge in [-0.2, -0.15) is 0 Å². The molecule has 1 aromatic heterocycles. The van der Waals surface area contributed by atoms with Crippen LogP contribution >= 0.6 is 0 Å². The summed E-state index contributed by atoms with van der Waals surface area (Å²) in [6, 6.07) is 4.05. The number of nitrogens with zero attached hydrogens (tertiary/aromatic N) is 2. The van der Waals surface area contributed by atoms with Crippen LogP contribution in [0.4, 0.5) is 11.5 Å². The largest absolute Gasteiger partial charge is 0.343 e. The highest BCUT2D eigenvalue weighted by molar-refractivity contribution is 6.00.